The molecule has 0 saturated carbocycles. The molecule has 0 aliphatic carbocycles. The van der Waals surface area contributed by atoms with E-state index in [1.165, 1.54) is 0 Å². The van der Waals surface area contributed by atoms with Gasteiger partial charge in [-0.15, -0.1) is 0 Å². The molecule has 0 fully saturated rings. The standard InChI is InChI=1S/C4H9NO3/c6-3-1-2-5-4(7)8/h5-6H,1-3H2,(H,7,8)/p-1. The molecule has 0 atom stereocenters. The first-order chi connectivity index (χ1) is 3.77. The second kappa shape index (κ2) is 4.39. The van der Waals surface area contributed by atoms with Crippen LogP contribution in [0.5, 0.6) is 0 Å². The minimum atomic E-state index is -1.29. The van der Waals surface area contributed by atoms with Gasteiger partial charge in [0.05, 0.1) is 0 Å². The third-order valence-electron chi connectivity index (χ3n) is 0.604. The Morgan fingerprint density at radius 1 is 1.75 bits per heavy atom. The molecule has 0 bridgehead atoms. The Morgan fingerprint density at radius 3 is 2.75 bits per heavy atom. The van der Waals surface area contributed by atoms with Crippen LogP contribution in [0.4, 0.5) is 4.79 Å². The zero-order valence-corrected chi connectivity index (χ0v) is 4.39. The molecule has 0 rings (SSSR count). The molecule has 4 heteroatoms. The quantitative estimate of drug-likeness (QED) is 0.434. The molecule has 0 aromatic rings. The Balaban J connectivity index is 2.82. The van der Waals surface area contributed by atoms with Crippen LogP contribution in [0, 0.1) is 0 Å². The normalized spacial score (nSPS) is 8.62. The average molecular weight is 118 g/mol. The van der Waals surface area contributed by atoms with Gasteiger partial charge < -0.3 is 20.3 Å². The van der Waals surface area contributed by atoms with Gasteiger partial charge in [-0.1, -0.05) is 0 Å². The van der Waals surface area contributed by atoms with Gasteiger partial charge in [0.2, 0.25) is 0 Å². The van der Waals surface area contributed by atoms with Crippen LogP contribution >= 0.6 is 0 Å². The van der Waals surface area contributed by atoms with Crippen molar-refractivity contribution in [1.29, 1.82) is 0 Å². The van der Waals surface area contributed by atoms with Crippen molar-refractivity contribution in [3.8, 4) is 0 Å². The van der Waals surface area contributed by atoms with Gasteiger partial charge in [0.25, 0.3) is 0 Å². The lowest BCUT2D eigenvalue weighted by molar-refractivity contribution is -0.250. The summed E-state index contributed by atoms with van der Waals surface area (Å²) >= 11 is 0. The summed E-state index contributed by atoms with van der Waals surface area (Å²) in [7, 11) is 0. The number of amides is 1. The van der Waals surface area contributed by atoms with Crippen LogP contribution in [0.25, 0.3) is 0 Å². The van der Waals surface area contributed by atoms with Gasteiger partial charge in [0.15, 0.2) is 0 Å². The fourth-order valence-corrected chi connectivity index (χ4v) is 0.270. The molecule has 48 valence electrons. The van der Waals surface area contributed by atoms with E-state index in [1.54, 1.807) is 0 Å². The Hall–Kier alpha value is -0.770. The fourth-order valence-electron chi connectivity index (χ4n) is 0.270. The van der Waals surface area contributed by atoms with Gasteiger partial charge in [-0.25, -0.2) is 0 Å². The van der Waals surface area contributed by atoms with E-state index in [4.69, 9.17) is 5.11 Å². The lowest BCUT2D eigenvalue weighted by atomic mass is 10.5. The maximum absolute atomic E-state index is 9.57. The summed E-state index contributed by atoms with van der Waals surface area (Å²) in [6.45, 7) is 0.263. The van der Waals surface area contributed by atoms with E-state index in [0.717, 1.165) is 0 Å². The topological polar surface area (TPSA) is 72.4 Å². The number of aliphatic hydroxyl groups excluding tert-OH is 1. The summed E-state index contributed by atoms with van der Waals surface area (Å²) in [5.74, 6) is 0. The number of hydrogen-bond acceptors (Lipinski definition) is 3. The largest absolute Gasteiger partial charge is 0.530 e. The van der Waals surface area contributed by atoms with Crippen LogP contribution in [0.3, 0.4) is 0 Å². The van der Waals surface area contributed by atoms with E-state index in [9.17, 15) is 9.90 Å². The molecule has 0 heterocycles. The molecule has 4 nitrogen and oxygen atoms in total. The Kier molecular flexibility index (Phi) is 3.97. The van der Waals surface area contributed by atoms with Gasteiger partial charge in [0, 0.05) is 13.2 Å². The summed E-state index contributed by atoms with van der Waals surface area (Å²) in [6, 6.07) is 0. The molecule has 0 aromatic carbocycles. The highest BCUT2D eigenvalue weighted by atomic mass is 16.4. The number of hydrogen-bond donors (Lipinski definition) is 2. The van der Waals surface area contributed by atoms with Crippen molar-refractivity contribution >= 4 is 6.09 Å². The van der Waals surface area contributed by atoms with Crippen molar-refractivity contribution < 1.29 is 15.0 Å². The zero-order chi connectivity index (χ0) is 6.41. The van der Waals surface area contributed by atoms with E-state index < -0.39 is 6.09 Å². The lowest BCUT2D eigenvalue weighted by Crippen LogP contribution is -2.37. The first kappa shape index (κ1) is 7.23. The van der Waals surface area contributed by atoms with Crippen molar-refractivity contribution in [3.05, 3.63) is 0 Å². The molecular weight excluding hydrogens is 110 g/mol. The van der Waals surface area contributed by atoms with Crippen LogP contribution in [-0.4, -0.2) is 24.4 Å². The summed E-state index contributed by atoms with van der Waals surface area (Å²) < 4.78 is 0. The van der Waals surface area contributed by atoms with Crippen LogP contribution in [0.2, 0.25) is 0 Å². The summed E-state index contributed by atoms with van der Waals surface area (Å²) in [6.07, 6.45) is -0.855. The van der Waals surface area contributed by atoms with E-state index in [0.29, 0.717) is 6.42 Å². The number of aliphatic hydroxyl groups is 1. The first-order valence-electron chi connectivity index (χ1n) is 2.33. The van der Waals surface area contributed by atoms with E-state index in [2.05, 4.69) is 0 Å². The van der Waals surface area contributed by atoms with Gasteiger partial charge in [0.1, 0.15) is 6.09 Å². The van der Waals surface area contributed by atoms with E-state index >= 15 is 0 Å². The van der Waals surface area contributed by atoms with Crippen molar-refractivity contribution in [3.63, 3.8) is 0 Å². The molecule has 2 N–H and O–H groups in total. The molecule has 0 aliphatic heterocycles. The predicted molar refractivity (Wildman–Crippen MR) is 25.1 cm³/mol. The fraction of sp³-hybridized carbons (Fsp3) is 0.750. The molecule has 0 saturated heterocycles. The number of nitrogens with one attached hydrogen (secondary N) is 1. The highest BCUT2D eigenvalue weighted by Crippen LogP contribution is 1.68. The predicted octanol–water partition coefficient (Wildman–Crippen LogP) is -1.70. The van der Waals surface area contributed by atoms with E-state index in [1.807, 2.05) is 5.32 Å². The monoisotopic (exact) mass is 118 g/mol. The van der Waals surface area contributed by atoms with Crippen LogP contribution in [-0.2, 0) is 0 Å². The number of rotatable bonds is 3. The molecule has 8 heavy (non-hydrogen) atoms. The van der Waals surface area contributed by atoms with E-state index in [-0.39, 0.29) is 13.2 Å². The average Bonchev–Trinajstić information content (AvgIpc) is 1.66. The van der Waals surface area contributed by atoms with Crippen molar-refractivity contribution in [2.75, 3.05) is 13.2 Å². The van der Waals surface area contributed by atoms with Crippen molar-refractivity contribution in [2.24, 2.45) is 0 Å². The Bertz CT molecular complexity index is 73.7. The zero-order valence-electron chi connectivity index (χ0n) is 4.39. The number of carboxylic acid groups (broad SMARTS) is 1. The van der Waals surface area contributed by atoms with Gasteiger partial charge in [-0.05, 0) is 6.42 Å². The summed E-state index contributed by atoms with van der Waals surface area (Å²) in [5, 5.41) is 19.7. The second-order valence-electron chi connectivity index (χ2n) is 1.29. The smallest absolute Gasteiger partial charge is 0.134 e. The maximum Gasteiger partial charge on any atom is 0.134 e. The van der Waals surface area contributed by atoms with Gasteiger partial charge in [-0.3, -0.25) is 0 Å². The Labute approximate surface area is 47.1 Å². The molecule has 0 aromatic heterocycles. The minimum Gasteiger partial charge on any atom is -0.530 e. The minimum absolute atomic E-state index is 0.000278. The highest BCUT2D eigenvalue weighted by molar-refractivity contribution is 5.61. The van der Waals surface area contributed by atoms with Gasteiger partial charge >= 0.3 is 0 Å². The number of carbonyl (C=O) groups excluding carboxylic acids is 1. The first-order valence-corrected chi connectivity index (χ1v) is 2.33. The van der Waals surface area contributed by atoms with Crippen molar-refractivity contribution in [2.45, 2.75) is 6.42 Å². The maximum atomic E-state index is 9.57. The third-order valence-corrected chi connectivity index (χ3v) is 0.604. The molecular formula is C4H8NO3-. The molecule has 0 spiro atoms. The third kappa shape index (κ3) is 5.23. The second-order valence-corrected chi connectivity index (χ2v) is 1.29. The van der Waals surface area contributed by atoms with Crippen molar-refractivity contribution in [1.82, 2.24) is 5.32 Å². The highest BCUT2D eigenvalue weighted by Gasteiger charge is 1.81. The molecule has 0 unspecified atom stereocenters. The SMILES string of the molecule is O=C([O-])NCCCO. The summed E-state index contributed by atoms with van der Waals surface area (Å²) in [4.78, 5) is 9.57. The molecule has 0 aliphatic rings. The molecule has 0 radical (unpaired) electrons. The van der Waals surface area contributed by atoms with Crippen LogP contribution in [0.15, 0.2) is 0 Å². The van der Waals surface area contributed by atoms with Crippen LogP contribution < -0.4 is 10.4 Å². The lowest BCUT2D eigenvalue weighted by Gasteiger charge is -2.02. The van der Waals surface area contributed by atoms with Gasteiger partial charge in [-0.2, -0.15) is 0 Å². The molecule has 1 amide bonds. The number of carbonyl (C=O) groups is 1. The summed E-state index contributed by atoms with van der Waals surface area (Å²) in [5.41, 5.74) is 0. The Morgan fingerprint density at radius 2 is 2.38 bits per heavy atom. The van der Waals surface area contributed by atoms with Crippen LogP contribution in [0.1, 0.15) is 6.42 Å².